The molecule has 0 heterocycles. The van der Waals surface area contributed by atoms with Crippen molar-refractivity contribution in [1.29, 1.82) is 0 Å². The van der Waals surface area contributed by atoms with Crippen LogP contribution in [0.1, 0.15) is 26.2 Å². The zero-order chi connectivity index (χ0) is 11.2. The van der Waals surface area contributed by atoms with Crippen molar-refractivity contribution in [2.75, 3.05) is 13.7 Å². The second-order valence-corrected chi connectivity index (χ2v) is 3.48. The van der Waals surface area contributed by atoms with Gasteiger partial charge in [0, 0.05) is 20.1 Å². The molecule has 0 aliphatic carbocycles. The molecule has 0 fully saturated rings. The monoisotopic (exact) mass is 214 g/mol. The van der Waals surface area contributed by atoms with Crippen molar-refractivity contribution in [3.63, 3.8) is 0 Å². The van der Waals surface area contributed by atoms with Gasteiger partial charge in [0.05, 0.1) is 6.10 Å². The maximum absolute atomic E-state index is 11.8. The maximum Gasteiger partial charge on any atom is 0.389 e. The van der Waals surface area contributed by atoms with Crippen molar-refractivity contribution in [3.05, 3.63) is 0 Å². The lowest BCUT2D eigenvalue weighted by Gasteiger charge is -2.18. The number of aliphatic hydroxyl groups is 1. The third-order valence-corrected chi connectivity index (χ3v) is 2.16. The highest BCUT2D eigenvalue weighted by Crippen LogP contribution is 2.24. The zero-order valence-electron chi connectivity index (χ0n) is 8.47. The normalized spacial score (nSPS) is 16.7. The SMILES string of the molecule is COCCC(C)C(O)CCC(F)(F)F. The van der Waals surface area contributed by atoms with Crippen LogP contribution in [0.5, 0.6) is 0 Å². The van der Waals surface area contributed by atoms with Gasteiger partial charge in [0.15, 0.2) is 0 Å². The highest BCUT2D eigenvalue weighted by Gasteiger charge is 2.29. The van der Waals surface area contributed by atoms with Gasteiger partial charge < -0.3 is 9.84 Å². The van der Waals surface area contributed by atoms with E-state index in [9.17, 15) is 18.3 Å². The van der Waals surface area contributed by atoms with Crippen LogP contribution in [0.25, 0.3) is 0 Å². The molecular formula is C9H17F3O2. The Bertz CT molecular complexity index is 147. The van der Waals surface area contributed by atoms with Crippen LogP contribution in [-0.2, 0) is 4.74 Å². The van der Waals surface area contributed by atoms with Crippen LogP contribution >= 0.6 is 0 Å². The fourth-order valence-electron chi connectivity index (χ4n) is 1.09. The van der Waals surface area contributed by atoms with E-state index in [2.05, 4.69) is 0 Å². The van der Waals surface area contributed by atoms with Gasteiger partial charge in [0.1, 0.15) is 0 Å². The van der Waals surface area contributed by atoms with E-state index in [4.69, 9.17) is 4.74 Å². The fourth-order valence-corrected chi connectivity index (χ4v) is 1.09. The second kappa shape index (κ2) is 6.24. The molecule has 2 nitrogen and oxygen atoms in total. The summed E-state index contributed by atoms with van der Waals surface area (Å²) in [4.78, 5) is 0. The van der Waals surface area contributed by atoms with E-state index < -0.39 is 18.7 Å². The van der Waals surface area contributed by atoms with Crippen molar-refractivity contribution >= 4 is 0 Å². The molecule has 0 rings (SSSR count). The topological polar surface area (TPSA) is 29.5 Å². The molecule has 0 bridgehead atoms. The van der Waals surface area contributed by atoms with Crippen LogP contribution in [0.3, 0.4) is 0 Å². The lowest BCUT2D eigenvalue weighted by Crippen LogP contribution is -2.22. The van der Waals surface area contributed by atoms with Gasteiger partial charge in [0.25, 0.3) is 0 Å². The Kier molecular flexibility index (Phi) is 6.11. The highest BCUT2D eigenvalue weighted by atomic mass is 19.4. The molecule has 0 spiro atoms. The summed E-state index contributed by atoms with van der Waals surface area (Å²) < 4.78 is 40.2. The van der Waals surface area contributed by atoms with E-state index in [1.54, 1.807) is 6.92 Å². The Labute approximate surface area is 82.1 Å². The van der Waals surface area contributed by atoms with Gasteiger partial charge in [-0.2, -0.15) is 13.2 Å². The highest BCUT2D eigenvalue weighted by molar-refractivity contribution is 4.66. The Hall–Kier alpha value is -0.290. The molecule has 0 saturated heterocycles. The van der Waals surface area contributed by atoms with Crippen molar-refractivity contribution < 1.29 is 23.0 Å². The van der Waals surface area contributed by atoms with Crippen molar-refractivity contribution in [2.24, 2.45) is 5.92 Å². The fraction of sp³-hybridized carbons (Fsp3) is 1.00. The Balaban J connectivity index is 3.67. The number of ether oxygens (including phenoxy) is 1. The number of methoxy groups -OCH3 is 1. The predicted octanol–water partition coefficient (Wildman–Crippen LogP) is 2.36. The van der Waals surface area contributed by atoms with Gasteiger partial charge in [-0.05, 0) is 18.8 Å². The quantitative estimate of drug-likeness (QED) is 0.735. The van der Waals surface area contributed by atoms with Crippen molar-refractivity contribution in [1.82, 2.24) is 0 Å². The summed E-state index contributed by atoms with van der Waals surface area (Å²) >= 11 is 0. The predicted molar refractivity (Wildman–Crippen MR) is 47.0 cm³/mol. The van der Waals surface area contributed by atoms with Gasteiger partial charge >= 0.3 is 6.18 Å². The number of hydrogen-bond donors (Lipinski definition) is 1. The molecule has 2 atom stereocenters. The zero-order valence-corrected chi connectivity index (χ0v) is 8.47. The van der Waals surface area contributed by atoms with Gasteiger partial charge in [0.2, 0.25) is 0 Å². The van der Waals surface area contributed by atoms with E-state index in [-0.39, 0.29) is 12.3 Å². The van der Waals surface area contributed by atoms with Crippen LogP contribution in [0.2, 0.25) is 0 Å². The van der Waals surface area contributed by atoms with Crippen LogP contribution in [0.4, 0.5) is 13.2 Å². The van der Waals surface area contributed by atoms with Gasteiger partial charge in [-0.25, -0.2) is 0 Å². The number of aliphatic hydroxyl groups excluding tert-OH is 1. The van der Waals surface area contributed by atoms with Crippen LogP contribution in [0, 0.1) is 5.92 Å². The summed E-state index contributed by atoms with van der Waals surface area (Å²) in [5, 5.41) is 9.35. The van der Waals surface area contributed by atoms with E-state index >= 15 is 0 Å². The summed E-state index contributed by atoms with van der Waals surface area (Å²) in [7, 11) is 1.52. The molecule has 5 heteroatoms. The van der Waals surface area contributed by atoms with Crippen LogP contribution in [-0.4, -0.2) is 31.1 Å². The van der Waals surface area contributed by atoms with Crippen molar-refractivity contribution in [2.45, 2.75) is 38.5 Å². The van der Waals surface area contributed by atoms with Gasteiger partial charge in [-0.15, -0.1) is 0 Å². The van der Waals surface area contributed by atoms with E-state index in [0.717, 1.165) is 0 Å². The molecule has 0 aromatic rings. The molecule has 0 aliphatic rings. The molecule has 1 N–H and O–H groups in total. The molecule has 14 heavy (non-hydrogen) atoms. The Morgan fingerprint density at radius 1 is 1.29 bits per heavy atom. The summed E-state index contributed by atoms with van der Waals surface area (Å²) in [5.74, 6) is -0.155. The third kappa shape index (κ3) is 7.15. The molecular weight excluding hydrogens is 197 g/mol. The summed E-state index contributed by atoms with van der Waals surface area (Å²) in [6, 6.07) is 0. The second-order valence-electron chi connectivity index (χ2n) is 3.48. The maximum atomic E-state index is 11.8. The van der Waals surface area contributed by atoms with E-state index in [1.165, 1.54) is 7.11 Å². The first-order valence-electron chi connectivity index (χ1n) is 4.60. The molecule has 0 radical (unpaired) electrons. The molecule has 0 aromatic carbocycles. The van der Waals surface area contributed by atoms with Crippen LogP contribution < -0.4 is 0 Å². The molecule has 0 saturated carbocycles. The largest absolute Gasteiger partial charge is 0.393 e. The smallest absolute Gasteiger partial charge is 0.389 e. The van der Waals surface area contributed by atoms with E-state index in [1.807, 2.05) is 0 Å². The number of alkyl halides is 3. The minimum absolute atomic E-state index is 0.155. The number of hydrogen-bond acceptors (Lipinski definition) is 2. The first-order chi connectivity index (χ1) is 6.37. The summed E-state index contributed by atoms with van der Waals surface area (Å²) in [5.41, 5.74) is 0. The molecule has 0 amide bonds. The standard InChI is InChI=1S/C9H17F3O2/c1-7(4-6-14-2)8(13)3-5-9(10,11)12/h7-8,13H,3-6H2,1-2H3. The Morgan fingerprint density at radius 2 is 1.86 bits per heavy atom. The van der Waals surface area contributed by atoms with Crippen LogP contribution in [0.15, 0.2) is 0 Å². The van der Waals surface area contributed by atoms with E-state index in [0.29, 0.717) is 13.0 Å². The average Bonchev–Trinajstić information content (AvgIpc) is 2.09. The first-order valence-corrected chi connectivity index (χ1v) is 4.60. The minimum atomic E-state index is -4.18. The van der Waals surface area contributed by atoms with Gasteiger partial charge in [-0.3, -0.25) is 0 Å². The molecule has 86 valence electrons. The van der Waals surface area contributed by atoms with Gasteiger partial charge in [-0.1, -0.05) is 6.92 Å². The molecule has 0 aliphatic heterocycles. The molecule has 2 unspecified atom stereocenters. The number of halogens is 3. The van der Waals surface area contributed by atoms with Crippen molar-refractivity contribution in [3.8, 4) is 0 Å². The lowest BCUT2D eigenvalue weighted by molar-refractivity contribution is -0.141. The average molecular weight is 214 g/mol. The third-order valence-electron chi connectivity index (χ3n) is 2.16. The summed E-state index contributed by atoms with van der Waals surface area (Å²) in [6.45, 7) is 2.18. The summed E-state index contributed by atoms with van der Waals surface area (Å²) in [6.07, 6.45) is -5.65. The number of rotatable bonds is 6. The first kappa shape index (κ1) is 13.7. The minimum Gasteiger partial charge on any atom is -0.393 e. The Morgan fingerprint density at radius 3 is 2.29 bits per heavy atom. The lowest BCUT2D eigenvalue weighted by atomic mass is 9.97. The molecule has 0 aromatic heterocycles.